The van der Waals surface area contributed by atoms with Crippen molar-refractivity contribution >= 4 is 0 Å². The van der Waals surface area contributed by atoms with E-state index in [-0.39, 0.29) is 25.2 Å². The molecule has 0 radical (unpaired) electrons. The molecule has 0 saturated heterocycles. The maximum Gasteiger partial charge on any atom is 0.179 e. The normalized spacial score (nSPS) is 13.1. The first-order valence-corrected chi connectivity index (χ1v) is 31.7. The van der Waals surface area contributed by atoms with Crippen LogP contribution in [-0.2, 0) is 33.2 Å². The monoisotopic (exact) mass is 1010 g/mol. The van der Waals surface area contributed by atoms with Crippen molar-refractivity contribution < 1.29 is 33.2 Å². The number of allylic oxidation sites excluding steroid dienone is 2. The molecule has 0 heterocycles. The fraction of sp³-hybridized carbons (Fsp3) is 0.938. The van der Waals surface area contributed by atoms with Crippen molar-refractivity contribution in [2.24, 2.45) is 0 Å². The van der Waals surface area contributed by atoms with Gasteiger partial charge in [-0.05, 0) is 89.2 Å². The van der Waals surface area contributed by atoms with Crippen LogP contribution in [0.3, 0.4) is 0 Å². The average Bonchev–Trinajstić information content (AvgIpc) is 3.38. The zero-order chi connectivity index (χ0) is 51.4. The van der Waals surface area contributed by atoms with Gasteiger partial charge in [-0.1, -0.05) is 258 Å². The summed E-state index contributed by atoms with van der Waals surface area (Å²) >= 11 is 0. The SMILES string of the molecule is CCCCCCOC(CCCCCCCCCCCCCCCC=CC(OC)OC(C=CCCCCCCCCCCCCCCCC(OCCCCCC)OCCCCCC)OC)OCCCCCC. The molecule has 2 atom stereocenters. The van der Waals surface area contributed by atoms with Gasteiger partial charge < -0.3 is 33.2 Å². The summed E-state index contributed by atoms with van der Waals surface area (Å²) in [7, 11) is 3.41. The average molecular weight is 1010 g/mol. The van der Waals surface area contributed by atoms with E-state index in [2.05, 4.69) is 39.8 Å². The Bertz CT molecular complexity index is 915. The second-order valence-corrected chi connectivity index (χ2v) is 21.1. The van der Waals surface area contributed by atoms with Gasteiger partial charge in [0, 0.05) is 40.6 Å². The van der Waals surface area contributed by atoms with E-state index in [1.807, 2.05) is 12.2 Å². The van der Waals surface area contributed by atoms with Gasteiger partial charge in [0.15, 0.2) is 25.2 Å². The molecule has 0 aliphatic carbocycles. The number of rotatable bonds is 62. The third-order valence-corrected chi connectivity index (χ3v) is 14.1. The van der Waals surface area contributed by atoms with Crippen molar-refractivity contribution in [1.29, 1.82) is 0 Å². The number of ether oxygens (including phenoxy) is 7. The lowest BCUT2D eigenvalue weighted by atomic mass is 10.0. The largest absolute Gasteiger partial charge is 0.353 e. The van der Waals surface area contributed by atoms with Crippen molar-refractivity contribution in [1.82, 2.24) is 0 Å². The standard InChI is InChI=1S/C64H126O7/c1-7-11-15-49-57-67-63(68-58-50-16-12-8-2)55-47-43-39-35-31-27-23-19-21-25-29-33-37-41-45-53-61(65-5)71-62(66-6)54-46-42-38-34-30-26-22-20-24-28-32-36-40-44-48-56-64(69-59-51-17-13-9-3)70-60-52-18-14-10-4/h45-46,53-54,61-64H,7-44,47-52,55-60H2,1-6H3. The molecule has 0 spiro atoms. The molecule has 7 heteroatoms. The third kappa shape index (κ3) is 55.3. The molecule has 0 aliphatic heterocycles. The van der Waals surface area contributed by atoms with Crippen LogP contribution in [0, 0.1) is 0 Å². The highest BCUT2D eigenvalue weighted by molar-refractivity contribution is 4.89. The van der Waals surface area contributed by atoms with Gasteiger partial charge in [0.1, 0.15) is 0 Å². The lowest BCUT2D eigenvalue weighted by Crippen LogP contribution is -2.22. The Morgan fingerprint density at radius 3 is 0.732 bits per heavy atom. The second kappa shape index (κ2) is 61.7. The van der Waals surface area contributed by atoms with Crippen LogP contribution in [0.4, 0.5) is 0 Å². The minimum absolute atomic E-state index is 0.0124. The third-order valence-electron chi connectivity index (χ3n) is 14.1. The van der Waals surface area contributed by atoms with Crippen LogP contribution in [-0.4, -0.2) is 65.8 Å². The van der Waals surface area contributed by atoms with Gasteiger partial charge >= 0.3 is 0 Å². The van der Waals surface area contributed by atoms with Crippen molar-refractivity contribution in [2.45, 2.75) is 348 Å². The van der Waals surface area contributed by atoms with E-state index in [1.54, 1.807) is 14.2 Å². The first-order valence-electron chi connectivity index (χ1n) is 31.7. The number of methoxy groups -OCH3 is 2. The Morgan fingerprint density at radius 2 is 0.493 bits per heavy atom. The zero-order valence-corrected chi connectivity index (χ0v) is 48.8. The molecule has 0 bridgehead atoms. The maximum absolute atomic E-state index is 6.16. The minimum Gasteiger partial charge on any atom is -0.353 e. The summed E-state index contributed by atoms with van der Waals surface area (Å²) in [5, 5.41) is 0. The van der Waals surface area contributed by atoms with Gasteiger partial charge in [-0.25, -0.2) is 0 Å². The lowest BCUT2D eigenvalue weighted by molar-refractivity contribution is -0.188. The van der Waals surface area contributed by atoms with Gasteiger partial charge in [0.2, 0.25) is 0 Å². The molecule has 0 rings (SSSR count). The highest BCUT2D eigenvalue weighted by Crippen LogP contribution is 2.19. The Kier molecular flexibility index (Phi) is 61.0. The van der Waals surface area contributed by atoms with E-state index in [4.69, 9.17) is 33.2 Å². The van der Waals surface area contributed by atoms with Gasteiger partial charge in [-0.3, -0.25) is 0 Å². The fourth-order valence-corrected chi connectivity index (χ4v) is 9.35. The van der Waals surface area contributed by atoms with Crippen LogP contribution in [0.25, 0.3) is 0 Å². The van der Waals surface area contributed by atoms with Crippen LogP contribution < -0.4 is 0 Å². The molecule has 0 aromatic carbocycles. The second-order valence-electron chi connectivity index (χ2n) is 21.1. The molecule has 7 nitrogen and oxygen atoms in total. The van der Waals surface area contributed by atoms with Crippen molar-refractivity contribution in [3.05, 3.63) is 24.3 Å². The van der Waals surface area contributed by atoms with Crippen molar-refractivity contribution in [3.63, 3.8) is 0 Å². The Balaban J connectivity index is 3.79. The van der Waals surface area contributed by atoms with E-state index in [0.29, 0.717) is 0 Å². The summed E-state index contributed by atoms with van der Waals surface area (Å²) in [5.41, 5.74) is 0. The Morgan fingerprint density at radius 1 is 0.268 bits per heavy atom. The smallest absolute Gasteiger partial charge is 0.179 e. The van der Waals surface area contributed by atoms with Crippen molar-refractivity contribution in [3.8, 4) is 0 Å². The molecule has 0 N–H and O–H groups in total. The van der Waals surface area contributed by atoms with Crippen LogP contribution in [0.5, 0.6) is 0 Å². The van der Waals surface area contributed by atoms with E-state index >= 15 is 0 Å². The van der Waals surface area contributed by atoms with E-state index in [1.165, 1.54) is 270 Å². The molecule has 0 amide bonds. The Labute approximate surface area is 444 Å². The quantitative estimate of drug-likeness (QED) is 0.0342. The van der Waals surface area contributed by atoms with Crippen LogP contribution >= 0.6 is 0 Å². The van der Waals surface area contributed by atoms with Gasteiger partial charge in [0.05, 0.1) is 0 Å². The summed E-state index contributed by atoms with van der Waals surface area (Å²) in [6, 6.07) is 0. The predicted molar refractivity (Wildman–Crippen MR) is 307 cm³/mol. The first-order chi connectivity index (χ1) is 35.1. The van der Waals surface area contributed by atoms with Crippen LogP contribution in [0.2, 0.25) is 0 Å². The number of hydrogen-bond acceptors (Lipinski definition) is 7. The summed E-state index contributed by atoms with van der Waals surface area (Å²) in [6.07, 6.45) is 67.1. The summed E-state index contributed by atoms with van der Waals surface area (Å²) < 4.78 is 41.9. The summed E-state index contributed by atoms with van der Waals surface area (Å²) in [5.74, 6) is 0. The Hall–Kier alpha value is -0.800. The number of hydrogen-bond donors (Lipinski definition) is 0. The highest BCUT2D eigenvalue weighted by atomic mass is 16.8. The zero-order valence-electron chi connectivity index (χ0n) is 48.8. The highest BCUT2D eigenvalue weighted by Gasteiger charge is 2.12. The molecule has 2 unspecified atom stereocenters. The van der Waals surface area contributed by atoms with Gasteiger partial charge in [-0.15, -0.1) is 0 Å². The maximum atomic E-state index is 6.16. The van der Waals surface area contributed by atoms with E-state index in [9.17, 15) is 0 Å². The fourth-order valence-electron chi connectivity index (χ4n) is 9.35. The van der Waals surface area contributed by atoms with E-state index < -0.39 is 0 Å². The molecular weight excluding hydrogens is 881 g/mol. The molecule has 0 fully saturated rings. The molecular formula is C64H126O7. The number of unbranched alkanes of at least 4 members (excludes halogenated alkanes) is 38. The summed E-state index contributed by atoms with van der Waals surface area (Å²) in [6.45, 7) is 12.5. The van der Waals surface area contributed by atoms with Crippen molar-refractivity contribution in [2.75, 3.05) is 40.6 Å². The molecule has 0 aliphatic rings. The molecule has 71 heavy (non-hydrogen) atoms. The van der Waals surface area contributed by atoms with Gasteiger partial charge in [-0.2, -0.15) is 0 Å². The molecule has 424 valence electrons. The summed E-state index contributed by atoms with van der Waals surface area (Å²) in [4.78, 5) is 0. The molecule has 0 saturated carbocycles. The topological polar surface area (TPSA) is 64.6 Å². The molecule has 0 aromatic heterocycles. The lowest BCUT2D eigenvalue weighted by Gasteiger charge is -2.19. The minimum atomic E-state index is -0.385. The first kappa shape index (κ1) is 70.2. The van der Waals surface area contributed by atoms with Crippen LogP contribution in [0.1, 0.15) is 323 Å². The van der Waals surface area contributed by atoms with E-state index in [0.717, 1.165) is 52.1 Å². The van der Waals surface area contributed by atoms with Gasteiger partial charge in [0.25, 0.3) is 0 Å². The van der Waals surface area contributed by atoms with Crippen LogP contribution in [0.15, 0.2) is 24.3 Å². The molecule has 0 aromatic rings. The predicted octanol–water partition coefficient (Wildman–Crippen LogP) is 20.8.